The number of pyridine rings is 1. The van der Waals surface area contributed by atoms with Crippen molar-refractivity contribution < 1.29 is 32.7 Å². The summed E-state index contributed by atoms with van der Waals surface area (Å²) in [4.78, 5) is 39.1. The summed E-state index contributed by atoms with van der Waals surface area (Å²) in [7, 11) is 0. The van der Waals surface area contributed by atoms with E-state index in [0.717, 1.165) is 30.3 Å². The van der Waals surface area contributed by atoms with Gasteiger partial charge in [0, 0.05) is 18.4 Å². The highest BCUT2D eigenvalue weighted by atomic mass is 32.2. The van der Waals surface area contributed by atoms with E-state index in [1.54, 1.807) is 29.4 Å². The molecule has 0 aliphatic carbocycles. The minimum Gasteiger partial charge on any atom is -0.475 e. The van der Waals surface area contributed by atoms with Crippen LogP contribution < -0.4 is 10.2 Å². The van der Waals surface area contributed by atoms with E-state index in [2.05, 4.69) is 23.3 Å². The number of carboxylic acids is 1. The van der Waals surface area contributed by atoms with Crippen molar-refractivity contribution in [3.63, 3.8) is 0 Å². The SMILES string of the molecule is Cc1ccc2c(c1)CCCN2C(=O)SCC(=O)Nc1cccnc1.O=C(O)C(F)(F)F. The highest BCUT2D eigenvalue weighted by molar-refractivity contribution is 8.14. The molecule has 1 aliphatic rings. The molecule has 166 valence electrons. The second-order valence-electron chi connectivity index (χ2n) is 6.53. The number of benzene rings is 1. The van der Waals surface area contributed by atoms with Crippen molar-refractivity contribution >= 4 is 40.3 Å². The molecule has 7 nitrogen and oxygen atoms in total. The summed E-state index contributed by atoms with van der Waals surface area (Å²) in [5.41, 5.74) is 4.01. The van der Waals surface area contributed by atoms with Gasteiger partial charge in [0.1, 0.15) is 0 Å². The van der Waals surface area contributed by atoms with Crippen LogP contribution >= 0.6 is 11.8 Å². The minimum absolute atomic E-state index is 0.0823. The van der Waals surface area contributed by atoms with E-state index >= 15 is 0 Å². The molecule has 31 heavy (non-hydrogen) atoms. The number of aliphatic carboxylic acids is 1. The number of amides is 2. The van der Waals surface area contributed by atoms with E-state index in [9.17, 15) is 22.8 Å². The average molecular weight is 455 g/mol. The lowest BCUT2D eigenvalue weighted by Gasteiger charge is -2.29. The summed E-state index contributed by atoms with van der Waals surface area (Å²) in [5.74, 6) is -2.87. The lowest BCUT2D eigenvalue weighted by atomic mass is 10.0. The number of carbonyl (C=O) groups excluding carboxylic acids is 2. The number of hydrogen-bond donors (Lipinski definition) is 2. The molecule has 0 radical (unpaired) electrons. The fourth-order valence-corrected chi connectivity index (χ4v) is 3.43. The second-order valence-corrected chi connectivity index (χ2v) is 7.46. The first-order chi connectivity index (χ1) is 14.6. The summed E-state index contributed by atoms with van der Waals surface area (Å²) in [5, 5.41) is 9.78. The van der Waals surface area contributed by atoms with Crippen LogP contribution in [0.1, 0.15) is 17.5 Å². The molecule has 11 heteroatoms. The topological polar surface area (TPSA) is 99.6 Å². The molecule has 0 saturated carbocycles. The van der Waals surface area contributed by atoms with Gasteiger partial charge in [-0.2, -0.15) is 13.2 Å². The van der Waals surface area contributed by atoms with Crippen LogP contribution in [0.2, 0.25) is 0 Å². The van der Waals surface area contributed by atoms with Crippen LogP contribution in [-0.2, 0) is 16.0 Å². The van der Waals surface area contributed by atoms with Crippen molar-refractivity contribution in [3.8, 4) is 0 Å². The number of nitrogens with zero attached hydrogens (tertiary/aromatic N) is 2. The molecule has 1 aliphatic heterocycles. The fraction of sp³-hybridized carbons (Fsp3) is 0.300. The quantitative estimate of drug-likeness (QED) is 0.717. The van der Waals surface area contributed by atoms with Gasteiger partial charge in [0.25, 0.3) is 5.24 Å². The summed E-state index contributed by atoms with van der Waals surface area (Å²) in [6.07, 6.45) is 0.0780. The highest BCUT2D eigenvalue weighted by Gasteiger charge is 2.38. The Labute approximate surface area is 180 Å². The zero-order chi connectivity index (χ0) is 23.0. The Kier molecular flexibility index (Phi) is 8.43. The summed E-state index contributed by atoms with van der Waals surface area (Å²) >= 11 is 1.03. The van der Waals surface area contributed by atoms with E-state index in [4.69, 9.17) is 9.90 Å². The molecule has 3 rings (SSSR count). The lowest BCUT2D eigenvalue weighted by molar-refractivity contribution is -0.192. The Bertz CT molecular complexity index is 939. The Morgan fingerprint density at radius 2 is 1.97 bits per heavy atom. The number of aryl methyl sites for hydroxylation is 2. The Morgan fingerprint density at radius 1 is 1.26 bits per heavy atom. The molecule has 0 saturated heterocycles. The van der Waals surface area contributed by atoms with Gasteiger partial charge >= 0.3 is 12.1 Å². The normalized spacial score (nSPS) is 12.8. The summed E-state index contributed by atoms with van der Waals surface area (Å²) in [6, 6.07) is 9.66. The number of anilines is 2. The monoisotopic (exact) mass is 455 g/mol. The number of alkyl halides is 3. The van der Waals surface area contributed by atoms with Crippen molar-refractivity contribution in [1.82, 2.24) is 4.98 Å². The Balaban J connectivity index is 0.000000423. The van der Waals surface area contributed by atoms with Gasteiger partial charge in [-0.1, -0.05) is 29.5 Å². The number of nitrogens with one attached hydrogen (secondary N) is 1. The van der Waals surface area contributed by atoms with Crippen LogP contribution in [0.25, 0.3) is 0 Å². The fourth-order valence-electron chi connectivity index (χ4n) is 2.75. The molecular formula is C20H20F3N3O4S. The number of carbonyl (C=O) groups is 3. The van der Waals surface area contributed by atoms with Crippen LogP contribution in [0, 0.1) is 6.92 Å². The molecule has 0 bridgehead atoms. The molecule has 0 spiro atoms. The maximum Gasteiger partial charge on any atom is 0.490 e. The average Bonchev–Trinajstić information content (AvgIpc) is 2.72. The first-order valence-corrected chi connectivity index (χ1v) is 10.1. The molecule has 0 fully saturated rings. The zero-order valence-electron chi connectivity index (χ0n) is 16.5. The third-order valence-corrected chi connectivity index (χ3v) is 4.96. The summed E-state index contributed by atoms with van der Waals surface area (Å²) < 4.78 is 31.7. The number of carboxylic acid groups (broad SMARTS) is 1. The molecule has 2 aromatic rings. The van der Waals surface area contributed by atoms with E-state index in [-0.39, 0.29) is 16.9 Å². The smallest absolute Gasteiger partial charge is 0.475 e. The van der Waals surface area contributed by atoms with Crippen molar-refractivity contribution in [1.29, 1.82) is 0 Å². The number of thioether (sulfide) groups is 1. The van der Waals surface area contributed by atoms with Gasteiger partial charge in [0.2, 0.25) is 5.91 Å². The van der Waals surface area contributed by atoms with Gasteiger partial charge in [-0.15, -0.1) is 0 Å². The number of rotatable bonds is 3. The second kappa shape index (κ2) is 10.8. The van der Waals surface area contributed by atoms with Gasteiger partial charge in [0.05, 0.1) is 17.6 Å². The van der Waals surface area contributed by atoms with Crippen LogP contribution in [-0.4, -0.2) is 45.7 Å². The van der Waals surface area contributed by atoms with Crippen molar-refractivity contribution in [3.05, 3.63) is 53.9 Å². The summed E-state index contributed by atoms with van der Waals surface area (Å²) in [6.45, 7) is 2.75. The van der Waals surface area contributed by atoms with E-state index < -0.39 is 12.1 Å². The van der Waals surface area contributed by atoms with Crippen LogP contribution in [0.3, 0.4) is 0 Å². The number of hydrogen-bond acceptors (Lipinski definition) is 5. The van der Waals surface area contributed by atoms with E-state index in [1.807, 2.05) is 12.1 Å². The van der Waals surface area contributed by atoms with Gasteiger partial charge < -0.3 is 15.3 Å². The largest absolute Gasteiger partial charge is 0.490 e. The third kappa shape index (κ3) is 7.59. The first-order valence-electron chi connectivity index (χ1n) is 9.11. The van der Waals surface area contributed by atoms with Crippen LogP contribution in [0.5, 0.6) is 0 Å². The molecule has 2 amide bonds. The molecule has 0 atom stereocenters. The predicted molar refractivity (Wildman–Crippen MR) is 111 cm³/mol. The molecule has 2 heterocycles. The van der Waals surface area contributed by atoms with E-state index in [1.165, 1.54) is 11.1 Å². The minimum atomic E-state index is -5.08. The molecule has 1 aromatic heterocycles. The van der Waals surface area contributed by atoms with E-state index in [0.29, 0.717) is 12.2 Å². The van der Waals surface area contributed by atoms with Crippen molar-refractivity contribution in [2.45, 2.75) is 25.9 Å². The first kappa shape index (κ1) is 24.2. The van der Waals surface area contributed by atoms with Crippen molar-refractivity contribution in [2.75, 3.05) is 22.5 Å². The van der Waals surface area contributed by atoms with Crippen LogP contribution in [0.15, 0.2) is 42.7 Å². The van der Waals surface area contributed by atoms with Crippen LogP contribution in [0.4, 0.5) is 29.3 Å². The molecule has 0 unspecified atom stereocenters. The number of fused-ring (bicyclic) bond motifs is 1. The maximum atomic E-state index is 12.5. The standard InChI is InChI=1S/C18H19N3O2S.C2HF3O2/c1-13-6-7-16-14(10-13)4-3-9-21(16)18(23)24-12-17(22)20-15-5-2-8-19-11-15;3-2(4,5)1(6)7/h2,5-8,10-11H,3-4,9,12H2,1H3,(H,20,22);(H,6,7). The van der Waals surface area contributed by atoms with Gasteiger partial charge in [-0.25, -0.2) is 4.79 Å². The highest BCUT2D eigenvalue weighted by Crippen LogP contribution is 2.30. The number of halogens is 3. The van der Waals surface area contributed by atoms with Gasteiger partial charge in [0.15, 0.2) is 0 Å². The Morgan fingerprint density at radius 3 is 2.58 bits per heavy atom. The van der Waals surface area contributed by atoms with Gasteiger partial charge in [-0.3, -0.25) is 14.6 Å². The molecule has 2 N–H and O–H groups in total. The Hall–Kier alpha value is -3.08. The molecular weight excluding hydrogens is 435 g/mol. The van der Waals surface area contributed by atoms with Crippen molar-refractivity contribution in [2.24, 2.45) is 0 Å². The lowest BCUT2D eigenvalue weighted by Crippen LogP contribution is -2.33. The number of aromatic nitrogens is 1. The zero-order valence-corrected chi connectivity index (χ0v) is 17.3. The molecule has 1 aromatic carbocycles. The van der Waals surface area contributed by atoms with Gasteiger partial charge in [-0.05, 0) is 43.5 Å². The maximum absolute atomic E-state index is 12.5. The predicted octanol–water partition coefficient (Wildman–Crippen LogP) is 4.27. The third-order valence-electron chi connectivity index (χ3n) is 4.09.